The minimum absolute atomic E-state index is 0.612. The van der Waals surface area contributed by atoms with Gasteiger partial charge in [-0.25, -0.2) is 4.98 Å². The maximum absolute atomic E-state index is 5.81. The molecule has 1 N–H and O–H groups in total. The van der Waals surface area contributed by atoms with Gasteiger partial charge in [-0.15, -0.1) is 0 Å². The number of rotatable bonds is 3. The van der Waals surface area contributed by atoms with Crippen molar-refractivity contribution in [1.82, 2.24) is 9.97 Å². The quantitative estimate of drug-likeness (QED) is 0.942. The fraction of sp³-hybridized carbons (Fsp3) is 0.0909. The van der Waals surface area contributed by atoms with Crippen LogP contribution in [0.15, 0.2) is 41.3 Å². The van der Waals surface area contributed by atoms with Crippen LogP contribution in [0.3, 0.4) is 0 Å². The van der Waals surface area contributed by atoms with Gasteiger partial charge in [0.25, 0.3) is 0 Å². The van der Waals surface area contributed by atoms with Crippen LogP contribution < -0.4 is 5.32 Å². The number of hydrogen-bond donors (Lipinski definition) is 1. The lowest BCUT2D eigenvalue weighted by Crippen LogP contribution is -2.01. The molecule has 82 valence electrons. The molecule has 0 unspecified atom stereocenters. The van der Waals surface area contributed by atoms with Crippen LogP contribution in [-0.4, -0.2) is 9.97 Å². The molecule has 0 spiro atoms. The Labute approximate surface area is 107 Å². The minimum Gasteiger partial charge on any atom is -0.365 e. The van der Waals surface area contributed by atoms with E-state index in [2.05, 4.69) is 31.2 Å². The number of aromatic nitrogens is 2. The van der Waals surface area contributed by atoms with Gasteiger partial charge < -0.3 is 5.32 Å². The Morgan fingerprint density at radius 1 is 1.31 bits per heavy atom. The van der Waals surface area contributed by atoms with Crippen molar-refractivity contribution in [3.05, 3.63) is 51.8 Å². The van der Waals surface area contributed by atoms with Gasteiger partial charge in [0.05, 0.1) is 9.50 Å². The predicted octanol–water partition coefficient (Wildman–Crippen LogP) is 3.50. The molecule has 2 aromatic heterocycles. The molecule has 0 saturated carbocycles. The van der Waals surface area contributed by atoms with E-state index < -0.39 is 0 Å². The maximum atomic E-state index is 5.81. The number of hydrogen-bond acceptors (Lipinski definition) is 3. The number of anilines is 1. The summed E-state index contributed by atoms with van der Waals surface area (Å²) < 4.78 is 0.856. The SMILES string of the molecule is Clc1cnc(NCc2ccncc2)c(Br)c1. The molecule has 0 radical (unpaired) electrons. The zero-order valence-corrected chi connectivity index (χ0v) is 10.7. The highest BCUT2D eigenvalue weighted by atomic mass is 79.9. The van der Waals surface area contributed by atoms with Crippen molar-refractivity contribution in [3.63, 3.8) is 0 Å². The summed E-state index contributed by atoms with van der Waals surface area (Å²) >= 11 is 9.20. The second-order valence-corrected chi connectivity index (χ2v) is 4.48. The van der Waals surface area contributed by atoms with Gasteiger partial charge in [0.2, 0.25) is 0 Å². The van der Waals surface area contributed by atoms with Gasteiger partial charge in [0, 0.05) is 25.1 Å². The lowest BCUT2D eigenvalue weighted by atomic mass is 10.3. The zero-order valence-electron chi connectivity index (χ0n) is 8.32. The van der Waals surface area contributed by atoms with E-state index in [4.69, 9.17) is 11.6 Å². The van der Waals surface area contributed by atoms with Crippen molar-refractivity contribution in [2.75, 3.05) is 5.32 Å². The van der Waals surface area contributed by atoms with Crippen LogP contribution in [0.1, 0.15) is 5.56 Å². The minimum atomic E-state index is 0.612. The molecule has 2 heterocycles. The summed E-state index contributed by atoms with van der Waals surface area (Å²) in [6, 6.07) is 5.72. The first kappa shape index (κ1) is 11.4. The third-order valence-electron chi connectivity index (χ3n) is 2.02. The predicted molar refractivity (Wildman–Crippen MR) is 68.5 cm³/mol. The van der Waals surface area contributed by atoms with Crippen molar-refractivity contribution in [2.24, 2.45) is 0 Å². The maximum Gasteiger partial charge on any atom is 0.140 e. The number of nitrogens with one attached hydrogen (secondary N) is 1. The topological polar surface area (TPSA) is 37.8 Å². The molecule has 0 amide bonds. The second-order valence-electron chi connectivity index (χ2n) is 3.19. The molecule has 2 aromatic rings. The molecule has 0 atom stereocenters. The summed E-state index contributed by atoms with van der Waals surface area (Å²) in [5.74, 6) is 0.779. The molecule has 0 bridgehead atoms. The number of nitrogens with zero attached hydrogens (tertiary/aromatic N) is 2. The summed E-state index contributed by atoms with van der Waals surface area (Å²) in [6.07, 6.45) is 5.14. The average molecular weight is 299 g/mol. The van der Waals surface area contributed by atoms with Crippen LogP contribution in [0.2, 0.25) is 5.02 Å². The zero-order chi connectivity index (χ0) is 11.4. The van der Waals surface area contributed by atoms with Gasteiger partial charge >= 0.3 is 0 Å². The lowest BCUT2D eigenvalue weighted by Gasteiger charge is -2.07. The van der Waals surface area contributed by atoms with Crippen molar-refractivity contribution in [2.45, 2.75) is 6.54 Å². The van der Waals surface area contributed by atoms with Crippen LogP contribution >= 0.6 is 27.5 Å². The van der Waals surface area contributed by atoms with Crippen LogP contribution in [0, 0.1) is 0 Å². The van der Waals surface area contributed by atoms with Crippen molar-refractivity contribution in [1.29, 1.82) is 0 Å². The normalized spacial score (nSPS) is 10.1. The van der Waals surface area contributed by atoms with Crippen molar-refractivity contribution >= 4 is 33.3 Å². The largest absolute Gasteiger partial charge is 0.365 e. The molecule has 3 nitrogen and oxygen atoms in total. The Morgan fingerprint density at radius 2 is 2.06 bits per heavy atom. The van der Waals surface area contributed by atoms with E-state index in [-0.39, 0.29) is 0 Å². The average Bonchev–Trinajstić information content (AvgIpc) is 2.29. The van der Waals surface area contributed by atoms with E-state index in [9.17, 15) is 0 Å². The lowest BCUT2D eigenvalue weighted by molar-refractivity contribution is 1.09. The first-order valence-corrected chi connectivity index (χ1v) is 5.86. The fourth-order valence-corrected chi connectivity index (χ4v) is 2.01. The van der Waals surface area contributed by atoms with E-state index >= 15 is 0 Å². The highest BCUT2D eigenvalue weighted by molar-refractivity contribution is 9.10. The molecule has 0 fully saturated rings. The van der Waals surface area contributed by atoms with Gasteiger partial charge in [0.1, 0.15) is 5.82 Å². The Morgan fingerprint density at radius 3 is 2.75 bits per heavy atom. The summed E-state index contributed by atoms with van der Waals surface area (Å²) in [4.78, 5) is 8.15. The van der Waals surface area contributed by atoms with E-state index in [1.54, 1.807) is 18.6 Å². The Hall–Kier alpha value is -1.13. The van der Waals surface area contributed by atoms with Gasteiger partial charge in [-0.05, 0) is 39.7 Å². The highest BCUT2D eigenvalue weighted by Gasteiger charge is 2.01. The van der Waals surface area contributed by atoms with Crippen LogP contribution in [0.4, 0.5) is 5.82 Å². The fourth-order valence-electron chi connectivity index (χ4n) is 1.23. The summed E-state index contributed by atoms with van der Waals surface area (Å²) in [5, 5.41) is 3.82. The highest BCUT2D eigenvalue weighted by Crippen LogP contribution is 2.23. The Balaban J connectivity index is 2.05. The van der Waals surface area contributed by atoms with E-state index in [0.29, 0.717) is 11.6 Å². The van der Waals surface area contributed by atoms with E-state index in [1.807, 2.05) is 18.2 Å². The molecule has 0 saturated heterocycles. The van der Waals surface area contributed by atoms with Crippen molar-refractivity contribution < 1.29 is 0 Å². The second kappa shape index (κ2) is 5.27. The molecule has 16 heavy (non-hydrogen) atoms. The Kier molecular flexibility index (Phi) is 3.74. The summed E-state index contributed by atoms with van der Waals surface area (Å²) in [6.45, 7) is 0.704. The monoisotopic (exact) mass is 297 g/mol. The summed E-state index contributed by atoms with van der Waals surface area (Å²) in [7, 11) is 0. The van der Waals surface area contributed by atoms with Crippen molar-refractivity contribution in [3.8, 4) is 0 Å². The molecule has 2 rings (SSSR count). The molecule has 0 aliphatic carbocycles. The third kappa shape index (κ3) is 2.93. The smallest absolute Gasteiger partial charge is 0.140 e. The number of halogens is 2. The third-order valence-corrected chi connectivity index (χ3v) is 2.83. The standard InChI is InChI=1S/C11H9BrClN3/c12-10-5-9(13)7-16-11(10)15-6-8-1-3-14-4-2-8/h1-5,7H,6H2,(H,15,16). The first-order valence-electron chi connectivity index (χ1n) is 4.69. The Bertz CT molecular complexity index is 476. The molecular weight excluding hydrogens is 289 g/mol. The molecule has 0 aliphatic rings. The summed E-state index contributed by atoms with van der Waals surface area (Å²) in [5.41, 5.74) is 1.15. The molecular formula is C11H9BrClN3. The molecule has 0 aliphatic heterocycles. The van der Waals surface area contributed by atoms with Gasteiger partial charge in [-0.3, -0.25) is 4.98 Å². The van der Waals surface area contributed by atoms with Crippen LogP contribution in [0.25, 0.3) is 0 Å². The first-order chi connectivity index (χ1) is 7.75. The van der Waals surface area contributed by atoms with Crippen LogP contribution in [0.5, 0.6) is 0 Å². The molecule has 0 aromatic carbocycles. The van der Waals surface area contributed by atoms with E-state index in [1.165, 1.54) is 0 Å². The van der Waals surface area contributed by atoms with Gasteiger partial charge in [0.15, 0.2) is 0 Å². The van der Waals surface area contributed by atoms with E-state index in [0.717, 1.165) is 15.9 Å². The molecule has 5 heteroatoms. The number of pyridine rings is 2. The van der Waals surface area contributed by atoms with Gasteiger partial charge in [-0.2, -0.15) is 0 Å². The van der Waals surface area contributed by atoms with Gasteiger partial charge in [-0.1, -0.05) is 11.6 Å². The van der Waals surface area contributed by atoms with Crippen LogP contribution in [-0.2, 0) is 6.54 Å².